The zero-order chi connectivity index (χ0) is 13.9. The molecule has 1 aromatic rings. The first-order chi connectivity index (χ1) is 8.40. The Bertz CT molecular complexity index is 429. The normalized spacial score (nSPS) is 11.6. The minimum atomic E-state index is -1.09. The molecule has 0 aromatic carbocycles. The van der Waals surface area contributed by atoms with Gasteiger partial charge in [0.05, 0.1) is 24.4 Å². The maximum atomic E-state index is 11.2. The number of anilines is 1. The molecule has 0 aliphatic rings. The second-order valence-corrected chi connectivity index (χ2v) is 4.31. The van der Waals surface area contributed by atoms with Gasteiger partial charge in [-0.2, -0.15) is 5.10 Å². The molecule has 0 aliphatic heterocycles. The Morgan fingerprint density at radius 2 is 2.00 bits per heavy atom. The van der Waals surface area contributed by atoms with Crippen LogP contribution in [0.2, 0.25) is 0 Å². The summed E-state index contributed by atoms with van der Waals surface area (Å²) in [6, 6.07) is 0. The third-order valence-corrected chi connectivity index (χ3v) is 3.10. The smallest absolute Gasteiger partial charge is 0.341 e. The van der Waals surface area contributed by atoms with Gasteiger partial charge in [-0.05, 0) is 13.3 Å². The largest absolute Gasteiger partial charge is 0.477 e. The molecule has 0 aliphatic carbocycles. The fraction of sp³-hybridized carbons (Fsp3) is 0.636. The van der Waals surface area contributed by atoms with Gasteiger partial charge in [0, 0.05) is 7.05 Å². The van der Waals surface area contributed by atoms with Crippen LogP contribution in [-0.4, -0.2) is 49.8 Å². The summed E-state index contributed by atoms with van der Waals surface area (Å²) in [5.41, 5.74) is -0.518. The van der Waals surface area contributed by atoms with Crippen LogP contribution in [0.3, 0.4) is 0 Å². The van der Waals surface area contributed by atoms with Gasteiger partial charge in [0.2, 0.25) is 0 Å². The summed E-state index contributed by atoms with van der Waals surface area (Å²) in [6.45, 7) is 2.79. The first kappa shape index (κ1) is 14.5. The first-order valence-corrected chi connectivity index (χ1v) is 5.67. The average Bonchev–Trinajstić information content (AvgIpc) is 2.61. The third kappa shape index (κ3) is 2.46. The van der Waals surface area contributed by atoms with Crippen molar-refractivity contribution in [3.8, 4) is 0 Å². The molecule has 18 heavy (non-hydrogen) atoms. The zero-order valence-corrected chi connectivity index (χ0v) is 10.8. The number of aliphatic hydroxyl groups is 2. The van der Waals surface area contributed by atoms with Gasteiger partial charge in [0.15, 0.2) is 0 Å². The molecule has 0 atom stereocenters. The minimum Gasteiger partial charge on any atom is -0.477 e. The highest BCUT2D eigenvalue weighted by atomic mass is 16.4. The lowest BCUT2D eigenvalue weighted by molar-refractivity contribution is 0.0696. The summed E-state index contributed by atoms with van der Waals surface area (Å²) < 4.78 is 1.40. The number of carboxylic acid groups (broad SMARTS) is 1. The molecule has 0 fully saturated rings. The van der Waals surface area contributed by atoms with Crippen LogP contribution in [0.15, 0.2) is 0 Å². The summed E-state index contributed by atoms with van der Waals surface area (Å²) in [5, 5.41) is 34.8. The van der Waals surface area contributed by atoms with E-state index in [2.05, 4.69) is 10.4 Å². The van der Waals surface area contributed by atoms with Gasteiger partial charge in [-0.15, -0.1) is 0 Å². The van der Waals surface area contributed by atoms with Crippen molar-refractivity contribution in [1.82, 2.24) is 9.78 Å². The highest BCUT2D eigenvalue weighted by molar-refractivity contribution is 5.94. The predicted octanol–water partition coefficient (Wildman–Crippen LogP) is -0.0280. The Labute approximate surface area is 105 Å². The zero-order valence-electron chi connectivity index (χ0n) is 10.8. The molecule has 0 unspecified atom stereocenters. The van der Waals surface area contributed by atoms with E-state index in [4.69, 9.17) is 5.11 Å². The molecule has 0 bridgehead atoms. The second kappa shape index (κ2) is 5.36. The molecule has 4 N–H and O–H groups in total. The molecule has 0 amide bonds. The predicted molar refractivity (Wildman–Crippen MR) is 65.7 cm³/mol. The van der Waals surface area contributed by atoms with E-state index < -0.39 is 11.5 Å². The van der Waals surface area contributed by atoms with Gasteiger partial charge in [-0.25, -0.2) is 4.79 Å². The molecule has 0 spiro atoms. The number of hydrogen-bond acceptors (Lipinski definition) is 5. The van der Waals surface area contributed by atoms with E-state index in [1.54, 1.807) is 20.9 Å². The van der Waals surface area contributed by atoms with Crippen molar-refractivity contribution < 1.29 is 20.1 Å². The molecule has 0 saturated heterocycles. The van der Waals surface area contributed by atoms with E-state index in [0.717, 1.165) is 0 Å². The van der Waals surface area contributed by atoms with Crippen LogP contribution in [-0.2, 0) is 7.05 Å². The summed E-state index contributed by atoms with van der Waals surface area (Å²) in [4.78, 5) is 11.2. The van der Waals surface area contributed by atoms with Crippen molar-refractivity contribution in [3.05, 3.63) is 11.3 Å². The second-order valence-electron chi connectivity index (χ2n) is 4.31. The van der Waals surface area contributed by atoms with E-state index in [9.17, 15) is 15.0 Å². The Balaban J connectivity index is 3.21. The lowest BCUT2D eigenvalue weighted by Crippen LogP contribution is -2.46. The van der Waals surface area contributed by atoms with E-state index in [0.29, 0.717) is 12.1 Å². The van der Waals surface area contributed by atoms with Crippen LogP contribution in [0.4, 0.5) is 5.82 Å². The van der Waals surface area contributed by atoms with Crippen LogP contribution in [0.1, 0.15) is 29.4 Å². The van der Waals surface area contributed by atoms with Crippen LogP contribution in [0.5, 0.6) is 0 Å². The number of aromatic carboxylic acids is 1. The molecule has 102 valence electrons. The molecule has 1 heterocycles. The van der Waals surface area contributed by atoms with Gasteiger partial charge in [-0.3, -0.25) is 4.68 Å². The molecule has 0 radical (unpaired) electrons. The van der Waals surface area contributed by atoms with Crippen molar-refractivity contribution in [2.75, 3.05) is 18.5 Å². The van der Waals surface area contributed by atoms with Gasteiger partial charge in [0.1, 0.15) is 11.4 Å². The van der Waals surface area contributed by atoms with Gasteiger partial charge in [-0.1, -0.05) is 6.92 Å². The van der Waals surface area contributed by atoms with Crippen molar-refractivity contribution in [3.63, 3.8) is 0 Å². The van der Waals surface area contributed by atoms with E-state index in [-0.39, 0.29) is 24.6 Å². The van der Waals surface area contributed by atoms with Crippen molar-refractivity contribution >= 4 is 11.8 Å². The number of nitrogens with one attached hydrogen (secondary N) is 1. The number of carboxylic acids is 1. The monoisotopic (exact) mass is 257 g/mol. The standard InChI is InChI=1S/C11H19N3O4/c1-4-11(5-15,6-16)12-9-8(10(17)18)7(2)13-14(9)3/h12,15-16H,4-6H2,1-3H3,(H,17,18). The number of carbonyl (C=O) groups is 1. The third-order valence-electron chi connectivity index (χ3n) is 3.10. The fourth-order valence-electron chi connectivity index (χ4n) is 1.75. The number of aryl methyl sites for hydroxylation is 2. The summed E-state index contributed by atoms with van der Waals surface area (Å²) in [6.07, 6.45) is 0.448. The topological polar surface area (TPSA) is 108 Å². The Kier molecular flexibility index (Phi) is 4.31. The van der Waals surface area contributed by atoms with Crippen LogP contribution in [0.25, 0.3) is 0 Å². The Morgan fingerprint density at radius 3 is 2.39 bits per heavy atom. The maximum Gasteiger partial charge on any atom is 0.341 e. The molecule has 1 aromatic heterocycles. The summed E-state index contributed by atoms with van der Waals surface area (Å²) in [5.74, 6) is -0.811. The molecular formula is C11H19N3O4. The SMILES string of the molecule is CCC(CO)(CO)Nc1c(C(=O)O)c(C)nn1C. The molecule has 7 heteroatoms. The maximum absolute atomic E-state index is 11.2. The molecule has 0 saturated carbocycles. The van der Waals surface area contributed by atoms with Crippen molar-refractivity contribution in [2.24, 2.45) is 7.05 Å². The lowest BCUT2D eigenvalue weighted by Gasteiger charge is -2.30. The van der Waals surface area contributed by atoms with Crippen LogP contribution in [0, 0.1) is 6.92 Å². The molecule has 7 nitrogen and oxygen atoms in total. The van der Waals surface area contributed by atoms with Crippen LogP contribution >= 0.6 is 0 Å². The van der Waals surface area contributed by atoms with E-state index >= 15 is 0 Å². The van der Waals surface area contributed by atoms with Crippen molar-refractivity contribution in [2.45, 2.75) is 25.8 Å². The Morgan fingerprint density at radius 1 is 1.44 bits per heavy atom. The van der Waals surface area contributed by atoms with E-state index in [1.807, 2.05) is 0 Å². The number of aromatic nitrogens is 2. The Hall–Kier alpha value is -1.60. The first-order valence-electron chi connectivity index (χ1n) is 5.67. The summed E-state index contributed by atoms with van der Waals surface area (Å²) in [7, 11) is 1.61. The number of hydrogen-bond donors (Lipinski definition) is 4. The van der Waals surface area contributed by atoms with Gasteiger partial charge < -0.3 is 20.6 Å². The van der Waals surface area contributed by atoms with Crippen molar-refractivity contribution in [1.29, 1.82) is 0 Å². The lowest BCUT2D eigenvalue weighted by atomic mass is 9.98. The molecular weight excluding hydrogens is 238 g/mol. The minimum absolute atomic E-state index is 0.0530. The van der Waals surface area contributed by atoms with Gasteiger partial charge in [0.25, 0.3) is 0 Å². The summed E-state index contributed by atoms with van der Waals surface area (Å²) >= 11 is 0. The number of aliphatic hydroxyl groups excluding tert-OH is 2. The number of nitrogens with zero attached hydrogens (tertiary/aromatic N) is 2. The average molecular weight is 257 g/mol. The fourth-order valence-corrected chi connectivity index (χ4v) is 1.75. The van der Waals surface area contributed by atoms with Gasteiger partial charge >= 0.3 is 5.97 Å². The van der Waals surface area contributed by atoms with E-state index in [1.165, 1.54) is 4.68 Å². The molecule has 1 rings (SSSR count). The quantitative estimate of drug-likeness (QED) is 0.570. The highest BCUT2D eigenvalue weighted by Gasteiger charge is 2.30. The van der Waals surface area contributed by atoms with Crippen LogP contribution < -0.4 is 5.32 Å². The number of rotatable bonds is 6. The highest BCUT2D eigenvalue weighted by Crippen LogP contribution is 2.24.